The van der Waals surface area contributed by atoms with Crippen molar-refractivity contribution < 1.29 is 28.7 Å². The van der Waals surface area contributed by atoms with Gasteiger partial charge in [-0.05, 0) is 37.7 Å². The van der Waals surface area contributed by atoms with Gasteiger partial charge in [0.2, 0.25) is 23.6 Å². The molecule has 1 aromatic rings. The lowest BCUT2D eigenvalue weighted by Gasteiger charge is -2.35. The standard InChI is InChI=1S/C25H35N5O6/c26-21(31)11-6-14-27-23(33)20-13-12-18-9-4-5-10-19(24(34)30(18)20)29-22(32)15-28-25(35)36-16-17-7-2-1-3-8-17/h1-3,7-8,18-20H,4-6,9-16H2,(H2,26,31)(H,27,33)(H,28,35)(H,29,32). The molecule has 0 bridgehead atoms. The second-order valence-corrected chi connectivity index (χ2v) is 9.17. The number of rotatable bonds is 10. The fourth-order valence-corrected chi connectivity index (χ4v) is 4.69. The number of primary amides is 1. The molecule has 2 fully saturated rings. The van der Waals surface area contributed by atoms with Crippen molar-refractivity contribution in [3.63, 3.8) is 0 Å². The Hall–Kier alpha value is -3.63. The van der Waals surface area contributed by atoms with Crippen molar-refractivity contribution in [2.24, 2.45) is 5.73 Å². The van der Waals surface area contributed by atoms with Gasteiger partial charge in [0, 0.05) is 19.0 Å². The predicted octanol–water partition coefficient (Wildman–Crippen LogP) is 0.713. The Morgan fingerprint density at radius 3 is 2.50 bits per heavy atom. The van der Waals surface area contributed by atoms with Gasteiger partial charge in [0.15, 0.2) is 0 Å². The van der Waals surface area contributed by atoms with Gasteiger partial charge >= 0.3 is 6.09 Å². The Labute approximate surface area is 210 Å². The number of carbonyl (C=O) groups is 5. The number of benzene rings is 1. The third-order valence-corrected chi connectivity index (χ3v) is 6.48. The van der Waals surface area contributed by atoms with Gasteiger partial charge in [-0.2, -0.15) is 0 Å². The highest BCUT2D eigenvalue weighted by Gasteiger charge is 2.43. The van der Waals surface area contributed by atoms with E-state index in [4.69, 9.17) is 10.5 Å². The molecule has 0 saturated carbocycles. The van der Waals surface area contributed by atoms with Crippen LogP contribution in [0.25, 0.3) is 0 Å². The van der Waals surface area contributed by atoms with E-state index in [2.05, 4.69) is 16.0 Å². The number of alkyl carbamates (subject to hydrolysis) is 1. The summed E-state index contributed by atoms with van der Waals surface area (Å²) in [6, 6.07) is 7.73. The average molecular weight is 502 g/mol. The summed E-state index contributed by atoms with van der Waals surface area (Å²) in [5, 5.41) is 7.91. The normalized spacial score (nSPS) is 21.5. The lowest BCUT2D eigenvalue weighted by molar-refractivity contribution is -0.144. The van der Waals surface area contributed by atoms with Crippen molar-refractivity contribution >= 4 is 29.7 Å². The molecule has 2 heterocycles. The van der Waals surface area contributed by atoms with E-state index < -0.39 is 30.0 Å². The third-order valence-electron chi connectivity index (χ3n) is 6.48. The van der Waals surface area contributed by atoms with Crippen LogP contribution >= 0.6 is 0 Å². The molecular weight excluding hydrogens is 466 g/mol. The van der Waals surface area contributed by atoms with Gasteiger partial charge in [0.05, 0.1) is 0 Å². The summed E-state index contributed by atoms with van der Waals surface area (Å²) >= 11 is 0. The van der Waals surface area contributed by atoms with Crippen molar-refractivity contribution in [3.8, 4) is 0 Å². The van der Waals surface area contributed by atoms with Gasteiger partial charge in [-0.15, -0.1) is 0 Å². The fraction of sp³-hybridized carbons (Fsp3) is 0.560. The van der Waals surface area contributed by atoms with Crippen molar-refractivity contribution in [2.45, 2.75) is 76.1 Å². The Kier molecular flexibility index (Phi) is 10.1. The Morgan fingerprint density at radius 1 is 1.00 bits per heavy atom. The predicted molar refractivity (Wildman–Crippen MR) is 130 cm³/mol. The topological polar surface area (TPSA) is 160 Å². The molecule has 2 saturated heterocycles. The summed E-state index contributed by atoms with van der Waals surface area (Å²) < 4.78 is 5.10. The Balaban J connectivity index is 1.50. The van der Waals surface area contributed by atoms with E-state index in [1.807, 2.05) is 30.3 Å². The first-order valence-electron chi connectivity index (χ1n) is 12.5. The molecular formula is C25H35N5O6. The number of fused-ring (bicyclic) bond motifs is 1. The van der Waals surface area contributed by atoms with Crippen LogP contribution in [0.15, 0.2) is 30.3 Å². The monoisotopic (exact) mass is 501 g/mol. The molecule has 3 atom stereocenters. The highest BCUT2D eigenvalue weighted by Crippen LogP contribution is 2.31. The smallest absolute Gasteiger partial charge is 0.407 e. The molecule has 5 amide bonds. The minimum absolute atomic E-state index is 0.0512. The van der Waals surface area contributed by atoms with E-state index in [1.165, 1.54) is 0 Å². The van der Waals surface area contributed by atoms with Crippen LogP contribution in [0.1, 0.15) is 56.9 Å². The van der Waals surface area contributed by atoms with E-state index in [1.54, 1.807) is 4.90 Å². The van der Waals surface area contributed by atoms with E-state index in [0.717, 1.165) is 31.2 Å². The molecule has 3 unspecified atom stereocenters. The largest absolute Gasteiger partial charge is 0.445 e. The molecule has 0 aromatic heterocycles. The van der Waals surface area contributed by atoms with Crippen LogP contribution < -0.4 is 21.7 Å². The number of ether oxygens (including phenoxy) is 1. The third kappa shape index (κ3) is 7.96. The van der Waals surface area contributed by atoms with Gasteiger partial charge in [-0.25, -0.2) is 4.79 Å². The van der Waals surface area contributed by atoms with Crippen molar-refractivity contribution in [3.05, 3.63) is 35.9 Å². The minimum atomic E-state index is -0.772. The van der Waals surface area contributed by atoms with E-state index >= 15 is 0 Å². The van der Waals surface area contributed by atoms with Crippen LogP contribution in [0.5, 0.6) is 0 Å². The van der Waals surface area contributed by atoms with Crippen molar-refractivity contribution in [1.29, 1.82) is 0 Å². The summed E-state index contributed by atoms with van der Waals surface area (Å²) in [6.07, 6.45) is 4.09. The summed E-state index contributed by atoms with van der Waals surface area (Å²) in [6.45, 7) is 0.0551. The first kappa shape index (κ1) is 27.0. The van der Waals surface area contributed by atoms with Crippen molar-refractivity contribution in [2.75, 3.05) is 13.1 Å². The number of hydrogen-bond acceptors (Lipinski definition) is 6. The second kappa shape index (κ2) is 13.5. The number of amides is 5. The molecule has 36 heavy (non-hydrogen) atoms. The lowest BCUT2D eigenvalue weighted by atomic mass is 9.99. The van der Waals surface area contributed by atoms with Crippen LogP contribution in [-0.2, 0) is 30.5 Å². The fourth-order valence-electron chi connectivity index (χ4n) is 4.69. The zero-order chi connectivity index (χ0) is 25.9. The maximum Gasteiger partial charge on any atom is 0.407 e. The van der Waals surface area contributed by atoms with Gasteiger partial charge in [-0.1, -0.05) is 43.2 Å². The zero-order valence-corrected chi connectivity index (χ0v) is 20.4. The van der Waals surface area contributed by atoms with Gasteiger partial charge in [-0.3, -0.25) is 19.2 Å². The highest BCUT2D eigenvalue weighted by molar-refractivity contribution is 5.93. The van der Waals surface area contributed by atoms with Crippen LogP contribution in [0.2, 0.25) is 0 Å². The highest BCUT2D eigenvalue weighted by atomic mass is 16.5. The van der Waals surface area contributed by atoms with Gasteiger partial charge in [0.25, 0.3) is 0 Å². The average Bonchev–Trinajstić information content (AvgIpc) is 3.28. The molecule has 1 aromatic carbocycles. The van der Waals surface area contributed by atoms with E-state index in [-0.39, 0.29) is 37.4 Å². The maximum absolute atomic E-state index is 13.4. The first-order chi connectivity index (χ1) is 17.3. The summed E-state index contributed by atoms with van der Waals surface area (Å²) in [5.41, 5.74) is 5.96. The summed E-state index contributed by atoms with van der Waals surface area (Å²) in [5.74, 6) is -1.48. The van der Waals surface area contributed by atoms with Crippen molar-refractivity contribution in [1.82, 2.24) is 20.9 Å². The summed E-state index contributed by atoms with van der Waals surface area (Å²) in [4.78, 5) is 63.1. The van der Waals surface area contributed by atoms with E-state index in [9.17, 15) is 24.0 Å². The molecule has 0 radical (unpaired) electrons. The van der Waals surface area contributed by atoms with E-state index in [0.29, 0.717) is 25.8 Å². The number of nitrogens with one attached hydrogen (secondary N) is 3. The van der Waals surface area contributed by atoms with Crippen LogP contribution in [-0.4, -0.2) is 65.8 Å². The Morgan fingerprint density at radius 2 is 1.75 bits per heavy atom. The number of nitrogens with zero attached hydrogens (tertiary/aromatic N) is 1. The van der Waals surface area contributed by atoms with Crippen LogP contribution in [0, 0.1) is 0 Å². The SMILES string of the molecule is NC(=O)CCCNC(=O)C1CCC2CCCCC(NC(=O)CNC(=O)OCc3ccccc3)C(=O)N21. The summed E-state index contributed by atoms with van der Waals surface area (Å²) in [7, 11) is 0. The number of carbonyl (C=O) groups excluding carboxylic acids is 5. The number of hydrogen-bond donors (Lipinski definition) is 4. The molecule has 196 valence electrons. The first-order valence-corrected chi connectivity index (χ1v) is 12.5. The molecule has 0 spiro atoms. The quantitative estimate of drug-likeness (QED) is 0.346. The molecule has 11 nitrogen and oxygen atoms in total. The minimum Gasteiger partial charge on any atom is -0.445 e. The Bertz CT molecular complexity index is 940. The van der Waals surface area contributed by atoms with Gasteiger partial charge in [0.1, 0.15) is 25.2 Å². The molecule has 11 heteroatoms. The number of nitrogens with two attached hydrogens (primary N) is 1. The lowest BCUT2D eigenvalue weighted by Crippen LogP contribution is -2.57. The van der Waals surface area contributed by atoms with Gasteiger partial charge < -0.3 is 31.3 Å². The zero-order valence-electron chi connectivity index (χ0n) is 20.4. The molecule has 3 rings (SSSR count). The second-order valence-electron chi connectivity index (χ2n) is 9.17. The maximum atomic E-state index is 13.4. The van der Waals surface area contributed by atoms with Crippen LogP contribution in [0.4, 0.5) is 4.79 Å². The molecule has 5 N–H and O–H groups in total. The molecule has 2 aliphatic rings. The molecule has 0 aliphatic carbocycles. The van der Waals surface area contributed by atoms with Crippen LogP contribution in [0.3, 0.4) is 0 Å². The molecule has 2 aliphatic heterocycles.